The maximum absolute atomic E-state index is 11.3. The molecular weight excluding hydrogens is 310 g/mol. The van der Waals surface area contributed by atoms with Crippen molar-refractivity contribution in [1.29, 1.82) is 0 Å². The molecule has 1 amide bonds. The summed E-state index contributed by atoms with van der Waals surface area (Å²) in [4.78, 5) is 10.8. The zero-order valence-corrected chi connectivity index (χ0v) is 13.0. The number of carbonyl (C=O) groups is 1. The van der Waals surface area contributed by atoms with E-state index in [1.54, 1.807) is 32.0 Å². The van der Waals surface area contributed by atoms with E-state index >= 15 is 0 Å². The van der Waals surface area contributed by atoms with E-state index in [4.69, 9.17) is 9.63 Å². The molecule has 0 bridgehead atoms. The van der Waals surface area contributed by atoms with Crippen LogP contribution in [-0.2, 0) is 10.0 Å². The lowest BCUT2D eigenvalue weighted by atomic mass is 10.1. The summed E-state index contributed by atoms with van der Waals surface area (Å²) in [5, 5.41) is 14.8. The summed E-state index contributed by atoms with van der Waals surface area (Å²) in [5.41, 5.74) is 2.36. The number of aromatic nitrogens is 1. The third-order valence-electron chi connectivity index (χ3n) is 2.88. The number of sulfonamides is 1. The fourth-order valence-corrected chi connectivity index (χ4v) is 2.57. The molecule has 0 radical (unpaired) electrons. The molecule has 0 saturated carbocycles. The lowest BCUT2D eigenvalue weighted by Gasteiger charge is -2.09. The average molecular weight is 325 g/mol. The summed E-state index contributed by atoms with van der Waals surface area (Å²) in [5.74, 6) is 0.272. The van der Waals surface area contributed by atoms with Gasteiger partial charge in [0.1, 0.15) is 11.4 Å². The zero-order valence-electron chi connectivity index (χ0n) is 12.2. The van der Waals surface area contributed by atoms with E-state index in [0.29, 0.717) is 22.5 Å². The number of hydrogen-bond donors (Lipinski definition) is 3. The maximum Gasteiger partial charge on any atom is 0.409 e. The molecule has 0 aliphatic heterocycles. The highest BCUT2D eigenvalue weighted by Crippen LogP contribution is 2.33. The first-order chi connectivity index (χ1) is 10.2. The fourth-order valence-electron chi connectivity index (χ4n) is 1.94. The molecule has 0 fully saturated rings. The van der Waals surface area contributed by atoms with Crippen molar-refractivity contribution in [2.45, 2.75) is 13.8 Å². The van der Waals surface area contributed by atoms with Crippen LogP contribution in [0.4, 0.5) is 16.2 Å². The van der Waals surface area contributed by atoms with Crippen LogP contribution >= 0.6 is 0 Å². The highest BCUT2D eigenvalue weighted by atomic mass is 32.2. The smallest absolute Gasteiger partial charge is 0.409 e. The van der Waals surface area contributed by atoms with Gasteiger partial charge in [-0.05, 0) is 37.6 Å². The SMILES string of the molecule is Cc1cc(-c2onc(C)c2NC(=O)O)ccc1NS(C)(=O)=O. The Balaban J connectivity index is 2.43. The first-order valence-electron chi connectivity index (χ1n) is 6.22. The molecule has 8 nitrogen and oxygen atoms in total. The number of rotatable bonds is 4. The minimum absolute atomic E-state index is 0.260. The lowest BCUT2D eigenvalue weighted by molar-refractivity contribution is 0.209. The quantitative estimate of drug-likeness (QED) is 0.793. The zero-order chi connectivity index (χ0) is 16.5. The van der Waals surface area contributed by atoms with Crippen molar-refractivity contribution < 1.29 is 22.8 Å². The molecule has 2 aromatic rings. The van der Waals surface area contributed by atoms with Crippen LogP contribution < -0.4 is 10.0 Å². The normalized spacial score (nSPS) is 11.2. The maximum atomic E-state index is 11.3. The molecule has 3 N–H and O–H groups in total. The fraction of sp³-hybridized carbons (Fsp3) is 0.231. The molecule has 0 atom stereocenters. The Morgan fingerprint density at radius 1 is 1.32 bits per heavy atom. The minimum atomic E-state index is -3.37. The highest BCUT2D eigenvalue weighted by molar-refractivity contribution is 7.92. The molecule has 0 unspecified atom stereocenters. The molecule has 1 aromatic carbocycles. The summed E-state index contributed by atoms with van der Waals surface area (Å²) >= 11 is 0. The first-order valence-corrected chi connectivity index (χ1v) is 8.11. The van der Waals surface area contributed by atoms with Gasteiger partial charge in [0.05, 0.1) is 11.9 Å². The molecule has 0 saturated heterocycles. The topological polar surface area (TPSA) is 122 Å². The van der Waals surface area contributed by atoms with Gasteiger partial charge in [0.25, 0.3) is 0 Å². The third-order valence-corrected chi connectivity index (χ3v) is 3.47. The minimum Gasteiger partial charge on any atom is -0.465 e. The number of anilines is 2. The molecule has 118 valence electrons. The van der Waals surface area contributed by atoms with E-state index < -0.39 is 16.1 Å². The van der Waals surface area contributed by atoms with Gasteiger partial charge in [-0.2, -0.15) is 0 Å². The molecule has 22 heavy (non-hydrogen) atoms. The lowest BCUT2D eigenvalue weighted by Crippen LogP contribution is -2.10. The molecule has 0 spiro atoms. The number of hydrogen-bond acceptors (Lipinski definition) is 5. The van der Waals surface area contributed by atoms with Crippen molar-refractivity contribution in [3.05, 3.63) is 29.5 Å². The van der Waals surface area contributed by atoms with E-state index in [9.17, 15) is 13.2 Å². The third kappa shape index (κ3) is 3.55. The Hall–Kier alpha value is -2.55. The van der Waals surface area contributed by atoms with Crippen LogP contribution in [0.3, 0.4) is 0 Å². The number of nitrogens with zero attached hydrogens (tertiary/aromatic N) is 1. The van der Waals surface area contributed by atoms with Crippen LogP contribution in [0.25, 0.3) is 11.3 Å². The van der Waals surface area contributed by atoms with E-state index in [2.05, 4.69) is 15.2 Å². The van der Waals surface area contributed by atoms with Gasteiger partial charge in [-0.3, -0.25) is 10.0 Å². The van der Waals surface area contributed by atoms with Gasteiger partial charge in [0.2, 0.25) is 10.0 Å². The van der Waals surface area contributed by atoms with Gasteiger partial charge in [-0.1, -0.05) is 5.16 Å². The number of benzene rings is 1. The number of carboxylic acid groups (broad SMARTS) is 1. The summed E-state index contributed by atoms with van der Waals surface area (Å²) in [7, 11) is -3.37. The van der Waals surface area contributed by atoms with Crippen molar-refractivity contribution in [2.75, 3.05) is 16.3 Å². The van der Waals surface area contributed by atoms with Crippen LogP contribution in [-0.4, -0.2) is 31.0 Å². The van der Waals surface area contributed by atoms with Crippen LogP contribution in [0.1, 0.15) is 11.3 Å². The summed E-state index contributed by atoms with van der Waals surface area (Å²) in [6, 6.07) is 4.88. The van der Waals surface area contributed by atoms with Crippen molar-refractivity contribution in [2.24, 2.45) is 0 Å². The molecule has 2 rings (SSSR count). The summed E-state index contributed by atoms with van der Waals surface area (Å²) < 4.78 is 30.1. The second-order valence-electron chi connectivity index (χ2n) is 4.81. The highest BCUT2D eigenvalue weighted by Gasteiger charge is 2.18. The number of amides is 1. The second kappa shape index (κ2) is 5.68. The van der Waals surface area contributed by atoms with Crippen LogP contribution in [0.2, 0.25) is 0 Å². The molecule has 0 aliphatic carbocycles. The van der Waals surface area contributed by atoms with E-state index in [1.165, 1.54) is 0 Å². The Morgan fingerprint density at radius 2 is 2.00 bits per heavy atom. The second-order valence-corrected chi connectivity index (χ2v) is 6.55. The number of nitrogens with one attached hydrogen (secondary N) is 2. The Morgan fingerprint density at radius 3 is 2.55 bits per heavy atom. The van der Waals surface area contributed by atoms with Crippen LogP contribution in [0.15, 0.2) is 22.7 Å². The standard InChI is InChI=1S/C13H15N3O5S/c1-7-6-9(4-5-10(7)16-22(3,19)20)12-11(14-13(17)18)8(2)15-21-12/h4-6,14,16H,1-3H3,(H,17,18). The van der Waals surface area contributed by atoms with Crippen molar-refractivity contribution >= 4 is 27.5 Å². The van der Waals surface area contributed by atoms with Gasteiger partial charge >= 0.3 is 6.09 Å². The predicted molar refractivity (Wildman–Crippen MR) is 81.5 cm³/mol. The van der Waals surface area contributed by atoms with Crippen LogP contribution in [0, 0.1) is 13.8 Å². The molecule has 0 aliphatic rings. The van der Waals surface area contributed by atoms with Crippen molar-refractivity contribution in [3.63, 3.8) is 0 Å². The number of aryl methyl sites for hydroxylation is 2. The van der Waals surface area contributed by atoms with Crippen LogP contribution in [0.5, 0.6) is 0 Å². The van der Waals surface area contributed by atoms with Crippen molar-refractivity contribution in [1.82, 2.24) is 5.16 Å². The molecular formula is C13H15N3O5S. The molecule has 1 heterocycles. The first kappa shape index (κ1) is 15.8. The molecule has 9 heteroatoms. The van der Waals surface area contributed by atoms with E-state index in [0.717, 1.165) is 6.26 Å². The monoisotopic (exact) mass is 325 g/mol. The Labute approximate surface area is 127 Å². The van der Waals surface area contributed by atoms with E-state index in [-0.39, 0.29) is 11.4 Å². The average Bonchev–Trinajstić information content (AvgIpc) is 2.72. The van der Waals surface area contributed by atoms with Crippen molar-refractivity contribution in [3.8, 4) is 11.3 Å². The summed E-state index contributed by atoms with van der Waals surface area (Å²) in [6.07, 6.45) is -0.158. The Kier molecular flexibility index (Phi) is 4.09. The van der Waals surface area contributed by atoms with Gasteiger partial charge < -0.3 is 9.63 Å². The largest absolute Gasteiger partial charge is 0.465 e. The Bertz CT molecular complexity index is 826. The molecule has 1 aromatic heterocycles. The summed E-state index contributed by atoms with van der Waals surface area (Å²) in [6.45, 7) is 3.34. The van der Waals surface area contributed by atoms with Gasteiger partial charge in [-0.25, -0.2) is 13.2 Å². The van der Waals surface area contributed by atoms with E-state index in [1.807, 2.05) is 0 Å². The van der Waals surface area contributed by atoms with Gasteiger partial charge in [0, 0.05) is 5.56 Å². The van der Waals surface area contributed by atoms with Gasteiger partial charge in [0.15, 0.2) is 5.76 Å². The van der Waals surface area contributed by atoms with Gasteiger partial charge in [-0.15, -0.1) is 0 Å². The predicted octanol–water partition coefficient (Wildman–Crippen LogP) is 2.42.